The van der Waals surface area contributed by atoms with Gasteiger partial charge in [0, 0.05) is 37.4 Å². The molecule has 0 aromatic carbocycles. The molecule has 0 amide bonds. The van der Waals surface area contributed by atoms with Gasteiger partial charge in [0.2, 0.25) is 0 Å². The van der Waals surface area contributed by atoms with E-state index in [2.05, 4.69) is 56.6 Å². The first-order valence-corrected chi connectivity index (χ1v) is 9.85. The van der Waals surface area contributed by atoms with Crippen molar-refractivity contribution in [3.8, 4) is 0 Å². The zero-order valence-corrected chi connectivity index (χ0v) is 19.3. The Morgan fingerprint density at radius 1 is 1.29 bits per heavy atom. The van der Waals surface area contributed by atoms with Gasteiger partial charge in [-0.3, -0.25) is 0 Å². The number of aromatic nitrogens is 2. The van der Waals surface area contributed by atoms with Crippen molar-refractivity contribution in [3.05, 3.63) is 41.4 Å². The number of aryl methyl sites for hydroxylation is 2. The molecule has 0 unspecified atom stereocenters. The molecule has 1 saturated heterocycles. The summed E-state index contributed by atoms with van der Waals surface area (Å²) in [6, 6.07) is 8.58. The Morgan fingerprint density at radius 2 is 2.07 bits per heavy atom. The first-order chi connectivity index (χ1) is 13.2. The number of anilines is 1. The molecular weight excluding hydrogens is 467 g/mol. The van der Waals surface area contributed by atoms with Gasteiger partial charge >= 0.3 is 0 Å². The molecule has 7 nitrogen and oxygen atoms in total. The fourth-order valence-electron chi connectivity index (χ4n) is 3.22. The van der Waals surface area contributed by atoms with Gasteiger partial charge in [0.15, 0.2) is 11.7 Å². The lowest BCUT2D eigenvalue weighted by Gasteiger charge is -2.34. The summed E-state index contributed by atoms with van der Waals surface area (Å²) in [6.45, 7) is 9.49. The lowest BCUT2D eigenvalue weighted by atomic mass is 10.1. The van der Waals surface area contributed by atoms with Crippen LogP contribution in [0.15, 0.2) is 33.8 Å². The van der Waals surface area contributed by atoms with Crippen molar-refractivity contribution in [1.82, 2.24) is 20.8 Å². The maximum Gasteiger partial charge on any atom is 0.191 e. The predicted octanol–water partition coefficient (Wildman–Crippen LogP) is 3.28. The normalized spacial score (nSPS) is 15.2. The Labute approximate surface area is 184 Å². The molecule has 0 spiro atoms. The van der Waals surface area contributed by atoms with Gasteiger partial charge in [-0.05, 0) is 45.2 Å². The van der Waals surface area contributed by atoms with E-state index in [-0.39, 0.29) is 24.0 Å². The third-order valence-electron chi connectivity index (χ3n) is 4.74. The highest BCUT2D eigenvalue weighted by molar-refractivity contribution is 14.0. The number of hydrogen-bond donors (Lipinski definition) is 2. The molecule has 3 rings (SSSR count). The lowest BCUT2D eigenvalue weighted by Crippen LogP contribution is -2.48. The quantitative estimate of drug-likeness (QED) is 0.362. The van der Waals surface area contributed by atoms with Crippen molar-refractivity contribution >= 4 is 35.8 Å². The second-order valence-electron chi connectivity index (χ2n) is 6.88. The van der Waals surface area contributed by atoms with Crippen molar-refractivity contribution in [2.45, 2.75) is 52.6 Å². The number of rotatable bonds is 6. The average molecular weight is 498 g/mol. The monoisotopic (exact) mass is 498 g/mol. The van der Waals surface area contributed by atoms with Crippen LogP contribution in [0, 0.1) is 6.92 Å². The Hall–Kier alpha value is -1.84. The van der Waals surface area contributed by atoms with Crippen LogP contribution >= 0.6 is 24.0 Å². The van der Waals surface area contributed by atoms with E-state index in [0.717, 1.165) is 67.8 Å². The van der Waals surface area contributed by atoms with Crippen LogP contribution in [-0.2, 0) is 13.0 Å². The summed E-state index contributed by atoms with van der Waals surface area (Å²) in [5.41, 5.74) is 2.03. The van der Waals surface area contributed by atoms with Crippen LogP contribution in [0.5, 0.6) is 0 Å². The molecule has 0 saturated carbocycles. The van der Waals surface area contributed by atoms with E-state index in [9.17, 15) is 0 Å². The molecule has 0 atom stereocenters. The third-order valence-corrected chi connectivity index (χ3v) is 4.74. The summed E-state index contributed by atoms with van der Waals surface area (Å²) >= 11 is 0. The number of nitrogens with one attached hydrogen (secondary N) is 2. The van der Waals surface area contributed by atoms with Crippen LogP contribution in [-0.4, -0.2) is 41.8 Å². The Bertz CT molecular complexity index is 755. The van der Waals surface area contributed by atoms with Crippen LogP contribution in [0.4, 0.5) is 5.82 Å². The largest absolute Gasteiger partial charge is 0.359 e. The highest BCUT2D eigenvalue weighted by atomic mass is 127. The van der Waals surface area contributed by atoms with Crippen LogP contribution in [0.3, 0.4) is 0 Å². The Balaban J connectivity index is 0.00000280. The van der Waals surface area contributed by atoms with Gasteiger partial charge in [0.05, 0.1) is 5.69 Å². The van der Waals surface area contributed by atoms with Crippen LogP contribution < -0.4 is 15.5 Å². The molecule has 1 aliphatic rings. The van der Waals surface area contributed by atoms with E-state index < -0.39 is 0 Å². The molecule has 8 heteroatoms. The third kappa shape index (κ3) is 6.35. The maximum atomic E-state index is 5.32. The summed E-state index contributed by atoms with van der Waals surface area (Å²) < 4.78 is 5.32. The minimum absolute atomic E-state index is 0. The second-order valence-corrected chi connectivity index (χ2v) is 6.88. The van der Waals surface area contributed by atoms with Crippen molar-refractivity contribution in [1.29, 1.82) is 0 Å². The molecule has 0 aliphatic carbocycles. The summed E-state index contributed by atoms with van der Waals surface area (Å²) in [6.07, 6.45) is 2.99. The van der Waals surface area contributed by atoms with Crippen LogP contribution in [0.25, 0.3) is 0 Å². The number of piperidine rings is 1. The molecule has 2 N–H and O–H groups in total. The number of guanidine groups is 1. The predicted molar refractivity (Wildman–Crippen MR) is 123 cm³/mol. The van der Waals surface area contributed by atoms with Crippen LogP contribution in [0.1, 0.15) is 43.8 Å². The van der Waals surface area contributed by atoms with Crippen molar-refractivity contribution in [2.24, 2.45) is 4.99 Å². The van der Waals surface area contributed by atoms with E-state index in [1.165, 1.54) is 0 Å². The zero-order chi connectivity index (χ0) is 19.1. The summed E-state index contributed by atoms with van der Waals surface area (Å²) in [5.74, 6) is 2.70. The Kier molecular flexibility index (Phi) is 9.01. The van der Waals surface area contributed by atoms with Gasteiger partial charge in [-0.15, -0.1) is 24.0 Å². The van der Waals surface area contributed by atoms with Gasteiger partial charge < -0.3 is 20.1 Å². The molecule has 3 heterocycles. The van der Waals surface area contributed by atoms with E-state index in [1.54, 1.807) is 0 Å². The van der Waals surface area contributed by atoms with E-state index in [4.69, 9.17) is 4.52 Å². The number of hydrogen-bond acceptors (Lipinski definition) is 5. The van der Waals surface area contributed by atoms with Gasteiger partial charge in [-0.1, -0.05) is 18.1 Å². The van der Waals surface area contributed by atoms with Crippen molar-refractivity contribution < 1.29 is 4.52 Å². The number of nitrogens with zero attached hydrogens (tertiary/aromatic N) is 4. The molecule has 28 heavy (non-hydrogen) atoms. The molecule has 2 aromatic heterocycles. The van der Waals surface area contributed by atoms with Gasteiger partial charge in [0.1, 0.15) is 12.4 Å². The van der Waals surface area contributed by atoms with E-state index >= 15 is 0 Å². The number of aliphatic imine (C=N–C) groups is 1. The zero-order valence-electron chi connectivity index (χ0n) is 16.9. The molecule has 0 radical (unpaired) electrons. The molecule has 154 valence electrons. The average Bonchev–Trinajstić information content (AvgIpc) is 3.15. The number of halogens is 1. The smallest absolute Gasteiger partial charge is 0.191 e. The number of pyridine rings is 1. The van der Waals surface area contributed by atoms with Gasteiger partial charge in [-0.25, -0.2) is 9.98 Å². The summed E-state index contributed by atoms with van der Waals surface area (Å²) in [7, 11) is 0. The van der Waals surface area contributed by atoms with Gasteiger partial charge in [-0.2, -0.15) is 0 Å². The van der Waals surface area contributed by atoms with Crippen molar-refractivity contribution in [2.75, 3.05) is 24.5 Å². The van der Waals surface area contributed by atoms with Crippen LogP contribution in [0.2, 0.25) is 0 Å². The van der Waals surface area contributed by atoms with E-state index in [1.807, 2.05) is 19.1 Å². The highest BCUT2D eigenvalue weighted by Crippen LogP contribution is 2.18. The second kappa shape index (κ2) is 11.2. The highest BCUT2D eigenvalue weighted by Gasteiger charge is 2.21. The fraction of sp³-hybridized carbons (Fsp3) is 0.550. The molecule has 1 aliphatic heterocycles. The Morgan fingerprint density at radius 3 is 2.71 bits per heavy atom. The first kappa shape index (κ1) is 22.4. The molecule has 2 aromatic rings. The standard InChI is InChI=1S/C20H30N6O.HI/c1-4-16-13-18(27-25-16)14-22-20(21-5-2)24-17-9-11-26(12-10-17)19-8-6-7-15(3)23-19;/h6-8,13,17H,4-5,9-12,14H2,1-3H3,(H2,21,22,24);1H. The topological polar surface area (TPSA) is 78.6 Å². The van der Waals surface area contributed by atoms with E-state index in [0.29, 0.717) is 12.6 Å². The SMILES string of the molecule is CCNC(=NCc1cc(CC)no1)NC1CCN(c2cccc(C)n2)CC1.I. The molecule has 0 bridgehead atoms. The maximum absolute atomic E-state index is 5.32. The minimum atomic E-state index is 0. The first-order valence-electron chi connectivity index (χ1n) is 9.85. The fourth-order valence-corrected chi connectivity index (χ4v) is 3.22. The summed E-state index contributed by atoms with van der Waals surface area (Å²) in [5, 5.41) is 10.9. The minimum Gasteiger partial charge on any atom is -0.359 e. The lowest BCUT2D eigenvalue weighted by molar-refractivity contribution is 0.379. The molecular formula is C20H31IN6O. The molecule has 1 fully saturated rings. The van der Waals surface area contributed by atoms with Crippen molar-refractivity contribution in [3.63, 3.8) is 0 Å². The van der Waals surface area contributed by atoms with Gasteiger partial charge in [0.25, 0.3) is 0 Å². The summed E-state index contributed by atoms with van der Waals surface area (Å²) in [4.78, 5) is 11.6.